The number of guanidine groups is 4. The van der Waals surface area contributed by atoms with Crippen LogP contribution in [-0.2, 0) is 12.8 Å². The van der Waals surface area contributed by atoms with Gasteiger partial charge in [0.1, 0.15) is 18.1 Å². The molecular weight excluding hydrogens is 470 g/mol. The Bertz CT molecular complexity index is 1170. The summed E-state index contributed by atoms with van der Waals surface area (Å²) in [6, 6.07) is 2.01. The van der Waals surface area contributed by atoms with Crippen LogP contribution in [0.3, 0.4) is 0 Å². The zero-order valence-electron chi connectivity index (χ0n) is 22.4. The van der Waals surface area contributed by atoms with Gasteiger partial charge in [-0.15, -0.1) is 0 Å². The van der Waals surface area contributed by atoms with Gasteiger partial charge >= 0.3 is 0 Å². The summed E-state index contributed by atoms with van der Waals surface area (Å²) in [6.45, 7) is 8.22. The number of nitrogens with zero attached hydrogens (tertiary/aromatic N) is 6. The molecule has 2 atom stereocenters. The molecule has 6 N–H and O–H groups in total. The predicted octanol–water partition coefficient (Wildman–Crippen LogP) is 1.11. The van der Waals surface area contributed by atoms with Gasteiger partial charge in [0.05, 0.1) is 6.26 Å². The van der Waals surface area contributed by atoms with Gasteiger partial charge in [0.25, 0.3) is 0 Å². The molecule has 2 aromatic heterocycles. The van der Waals surface area contributed by atoms with Crippen molar-refractivity contribution in [2.75, 3.05) is 33.7 Å². The fourth-order valence-electron chi connectivity index (χ4n) is 4.26. The lowest BCUT2D eigenvalue weighted by Crippen LogP contribution is -2.52. The van der Waals surface area contributed by atoms with E-state index in [0.717, 1.165) is 49.6 Å². The summed E-state index contributed by atoms with van der Waals surface area (Å²) in [5.74, 6) is 3.53. The molecular formula is C25H39N11O. The van der Waals surface area contributed by atoms with Gasteiger partial charge in [0, 0.05) is 52.5 Å². The van der Waals surface area contributed by atoms with E-state index in [-0.39, 0.29) is 12.3 Å². The first-order valence-electron chi connectivity index (χ1n) is 12.7. The smallest absolute Gasteiger partial charge is 0.202 e. The first kappa shape index (κ1) is 26.1. The number of H-pyrrole nitrogens is 1. The fraction of sp³-hybridized carbons (Fsp3) is 0.520. The maximum atomic E-state index is 6.02. The second-order valence-corrected chi connectivity index (χ2v) is 9.52. The standard InChI is InChI=1S/C25H39N11O/c1-16-14-27-15-20(16)6-10-28-23-31-21(32-24(34-23)35(4)5)8-12-36(11-7-19-9-13-37-17(19)2)25-30-18(3)29-22(26)33-25/h9,13-15,18,21,27H,6-8,10-12H2,1-5H3,(H3,26,29,30,33)(H2,28,31,32,34). The van der Waals surface area contributed by atoms with Crippen molar-refractivity contribution >= 4 is 23.8 Å². The van der Waals surface area contributed by atoms with Crippen LogP contribution in [0.15, 0.2) is 49.1 Å². The molecule has 12 nitrogen and oxygen atoms in total. The molecule has 2 unspecified atom stereocenters. The van der Waals surface area contributed by atoms with Crippen molar-refractivity contribution in [1.29, 1.82) is 0 Å². The lowest BCUT2D eigenvalue weighted by atomic mass is 10.1. The molecule has 4 rings (SSSR count). The number of aromatic nitrogens is 1. The topological polar surface area (TPSA) is 147 Å². The maximum absolute atomic E-state index is 6.02. The van der Waals surface area contributed by atoms with Gasteiger partial charge in [-0.05, 0) is 56.4 Å². The molecule has 2 aliphatic rings. The molecule has 200 valence electrons. The number of nitrogens with one attached hydrogen (secondary N) is 4. The van der Waals surface area contributed by atoms with Crippen molar-refractivity contribution in [1.82, 2.24) is 30.7 Å². The summed E-state index contributed by atoms with van der Waals surface area (Å²) in [6.07, 6.45) is 7.75. The van der Waals surface area contributed by atoms with Crippen LogP contribution in [0.5, 0.6) is 0 Å². The lowest BCUT2D eigenvalue weighted by molar-refractivity contribution is 0.381. The summed E-state index contributed by atoms with van der Waals surface area (Å²) in [7, 11) is 3.94. The molecule has 37 heavy (non-hydrogen) atoms. The largest absolute Gasteiger partial charge is 0.469 e. The number of hydrogen-bond acceptors (Lipinski definition) is 11. The lowest BCUT2D eigenvalue weighted by Gasteiger charge is -2.31. The van der Waals surface area contributed by atoms with Gasteiger partial charge in [0.15, 0.2) is 11.9 Å². The number of hydrogen-bond donors (Lipinski definition) is 5. The number of aliphatic imine (C=N–C) groups is 4. The van der Waals surface area contributed by atoms with Crippen LogP contribution in [0.25, 0.3) is 0 Å². The Labute approximate surface area is 218 Å². The molecule has 2 aliphatic heterocycles. The van der Waals surface area contributed by atoms with Crippen LogP contribution in [0.4, 0.5) is 0 Å². The molecule has 0 fully saturated rings. The molecule has 0 aromatic carbocycles. The average Bonchev–Trinajstić information content (AvgIpc) is 3.45. The molecule has 0 amide bonds. The Morgan fingerprint density at radius 2 is 1.84 bits per heavy atom. The predicted molar refractivity (Wildman–Crippen MR) is 148 cm³/mol. The Kier molecular flexibility index (Phi) is 8.36. The summed E-state index contributed by atoms with van der Waals surface area (Å²) < 4.78 is 5.48. The number of aromatic amines is 1. The van der Waals surface area contributed by atoms with E-state index >= 15 is 0 Å². The van der Waals surface area contributed by atoms with Crippen LogP contribution in [0.1, 0.15) is 35.8 Å². The Morgan fingerprint density at radius 1 is 1.00 bits per heavy atom. The van der Waals surface area contributed by atoms with Crippen LogP contribution in [0, 0.1) is 13.8 Å². The summed E-state index contributed by atoms with van der Waals surface area (Å²) >= 11 is 0. The third kappa shape index (κ3) is 7.05. The van der Waals surface area contributed by atoms with Gasteiger partial charge in [-0.2, -0.15) is 0 Å². The third-order valence-electron chi connectivity index (χ3n) is 6.40. The molecule has 2 aromatic rings. The van der Waals surface area contributed by atoms with Gasteiger partial charge in [-0.25, -0.2) is 20.0 Å². The van der Waals surface area contributed by atoms with Crippen molar-refractivity contribution in [3.05, 3.63) is 47.2 Å². The van der Waals surface area contributed by atoms with E-state index in [1.807, 2.05) is 51.3 Å². The molecule has 0 saturated heterocycles. The Morgan fingerprint density at radius 3 is 2.51 bits per heavy atom. The second-order valence-electron chi connectivity index (χ2n) is 9.52. The molecule has 12 heteroatoms. The van der Waals surface area contributed by atoms with E-state index in [1.54, 1.807) is 6.26 Å². The van der Waals surface area contributed by atoms with E-state index < -0.39 is 0 Å². The molecule has 0 saturated carbocycles. The van der Waals surface area contributed by atoms with Crippen molar-refractivity contribution in [3.8, 4) is 0 Å². The Balaban J connectivity index is 1.43. The molecule has 0 radical (unpaired) electrons. The third-order valence-corrected chi connectivity index (χ3v) is 6.40. The van der Waals surface area contributed by atoms with Crippen LogP contribution < -0.4 is 21.7 Å². The zero-order chi connectivity index (χ0) is 26.4. The quantitative estimate of drug-likeness (QED) is 0.340. The second kappa shape index (κ2) is 11.8. The highest BCUT2D eigenvalue weighted by Crippen LogP contribution is 2.13. The molecule has 0 bridgehead atoms. The minimum atomic E-state index is -0.235. The normalized spacial score (nSPS) is 19.2. The van der Waals surface area contributed by atoms with Crippen molar-refractivity contribution in [2.24, 2.45) is 25.7 Å². The van der Waals surface area contributed by atoms with Gasteiger partial charge in [-0.1, -0.05) is 0 Å². The van der Waals surface area contributed by atoms with Crippen molar-refractivity contribution < 1.29 is 4.42 Å². The van der Waals surface area contributed by atoms with Gasteiger partial charge in [0.2, 0.25) is 11.9 Å². The molecule has 0 aliphatic carbocycles. The minimum Gasteiger partial charge on any atom is -0.469 e. The first-order chi connectivity index (χ1) is 17.8. The highest BCUT2D eigenvalue weighted by atomic mass is 16.3. The molecule has 4 heterocycles. The maximum Gasteiger partial charge on any atom is 0.202 e. The van der Waals surface area contributed by atoms with Crippen molar-refractivity contribution in [3.63, 3.8) is 0 Å². The van der Waals surface area contributed by atoms with Gasteiger partial charge < -0.3 is 30.3 Å². The number of aryl methyl sites for hydroxylation is 2. The first-order valence-corrected chi connectivity index (χ1v) is 12.7. The highest BCUT2D eigenvalue weighted by Gasteiger charge is 2.22. The van der Waals surface area contributed by atoms with Crippen LogP contribution in [-0.4, -0.2) is 84.7 Å². The molecule has 0 spiro atoms. The van der Waals surface area contributed by atoms with E-state index in [0.29, 0.717) is 18.9 Å². The SMILES string of the molecule is Cc1c[nH]cc1CCNC1=NC(CCN(CCc2ccoc2C)C2=NC(C)N=C(N)N2)N=C(N(C)C)N1. The fourth-order valence-corrected chi connectivity index (χ4v) is 4.26. The van der Waals surface area contributed by atoms with E-state index in [9.17, 15) is 0 Å². The number of rotatable bonds is 9. The summed E-state index contributed by atoms with van der Waals surface area (Å²) in [5.41, 5.74) is 9.75. The van der Waals surface area contributed by atoms with Gasteiger partial charge in [-0.3, -0.25) is 10.6 Å². The Hall–Kier alpha value is -3.96. The summed E-state index contributed by atoms with van der Waals surface area (Å²) in [5, 5.41) is 9.88. The zero-order valence-corrected chi connectivity index (χ0v) is 22.4. The number of furan rings is 1. The van der Waals surface area contributed by atoms with E-state index in [2.05, 4.69) is 42.7 Å². The number of nitrogens with two attached hydrogens (primary N) is 1. The highest BCUT2D eigenvalue weighted by molar-refractivity contribution is 6.00. The van der Waals surface area contributed by atoms with E-state index in [1.165, 1.54) is 16.7 Å². The van der Waals surface area contributed by atoms with Crippen LogP contribution >= 0.6 is 0 Å². The summed E-state index contributed by atoms with van der Waals surface area (Å²) in [4.78, 5) is 25.9. The average molecular weight is 510 g/mol. The van der Waals surface area contributed by atoms with E-state index in [4.69, 9.17) is 20.1 Å². The van der Waals surface area contributed by atoms with Crippen LogP contribution in [0.2, 0.25) is 0 Å². The van der Waals surface area contributed by atoms with Crippen molar-refractivity contribution in [2.45, 2.75) is 52.4 Å². The monoisotopic (exact) mass is 509 g/mol. The minimum absolute atomic E-state index is 0.232.